The molecule has 1 fully saturated rings. The Balaban J connectivity index is 1.52. The number of aromatic nitrogens is 5. The van der Waals surface area contributed by atoms with E-state index in [2.05, 4.69) is 27.3 Å². The first kappa shape index (κ1) is 19.0. The second kappa shape index (κ2) is 8.38. The van der Waals surface area contributed by atoms with Crippen LogP contribution in [0.4, 0.5) is 0 Å². The van der Waals surface area contributed by atoms with Crippen molar-refractivity contribution in [2.75, 3.05) is 13.2 Å². The molecule has 1 aliphatic heterocycles. The van der Waals surface area contributed by atoms with Gasteiger partial charge in [-0.3, -0.25) is 4.79 Å². The van der Waals surface area contributed by atoms with E-state index in [1.54, 1.807) is 6.20 Å². The van der Waals surface area contributed by atoms with Gasteiger partial charge >= 0.3 is 0 Å². The van der Waals surface area contributed by atoms with E-state index in [-0.39, 0.29) is 17.9 Å². The van der Waals surface area contributed by atoms with Crippen molar-refractivity contribution in [3.8, 4) is 11.6 Å². The normalized spacial score (nSPS) is 19.2. The maximum Gasteiger partial charge on any atom is 0.256 e. The summed E-state index contributed by atoms with van der Waals surface area (Å²) >= 11 is 0. The van der Waals surface area contributed by atoms with Crippen LogP contribution >= 0.6 is 0 Å². The third-order valence-electron chi connectivity index (χ3n) is 5.29. The second-order valence-electron chi connectivity index (χ2n) is 7.47. The van der Waals surface area contributed by atoms with Gasteiger partial charge in [0.25, 0.3) is 5.91 Å². The van der Waals surface area contributed by atoms with Crippen LogP contribution in [0.25, 0.3) is 5.69 Å². The molecule has 0 saturated carbocycles. The molecule has 3 aromatic rings. The number of benzene rings is 1. The lowest BCUT2D eigenvalue weighted by Gasteiger charge is -2.38. The molecule has 2 atom stereocenters. The number of carbonyl (C=O) groups is 1. The number of carbonyl (C=O) groups excluding carboxylic acids is 1. The molecule has 2 unspecified atom stereocenters. The summed E-state index contributed by atoms with van der Waals surface area (Å²) in [4.78, 5) is 21.0. The Bertz CT molecular complexity index is 961. The number of tetrazole rings is 1. The van der Waals surface area contributed by atoms with Gasteiger partial charge < -0.3 is 9.64 Å². The van der Waals surface area contributed by atoms with Gasteiger partial charge in [-0.15, -0.1) is 15.0 Å². The van der Waals surface area contributed by atoms with Gasteiger partial charge in [-0.2, -0.15) is 0 Å². The standard InChI is InChI=1S/C21H24N6O2/c1-15-6-9-19(27-24-14-23-25-27)18(11-15)21(28)26-12-17(8-7-16(26)2)13-29-20-5-3-4-10-22-20/h3-6,9-11,14,16-17H,7-8,12-13H2,1-2H3. The molecule has 1 aliphatic rings. The van der Waals surface area contributed by atoms with E-state index in [9.17, 15) is 4.79 Å². The summed E-state index contributed by atoms with van der Waals surface area (Å²) in [6, 6.07) is 11.5. The minimum absolute atomic E-state index is 0.0176. The SMILES string of the molecule is Cc1ccc(-n2ncnn2)c(C(=O)N2CC(COc3ccccn3)CCC2C)c1. The molecule has 8 heteroatoms. The molecule has 3 heterocycles. The maximum absolute atomic E-state index is 13.5. The van der Waals surface area contributed by atoms with Crippen molar-refractivity contribution in [3.63, 3.8) is 0 Å². The van der Waals surface area contributed by atoms with E-state index in [0.717, 1.165) is 18.4 Å². The fraction of sp³-hybridized carbons (Fsp3) is 0.381. The summed E-state index contributed by atoms with van der Waals surface area (Å²) in [5.41, 5.74) is 2.23. The topological polar surface area (TPSA) is 86.0 Å². The zero-order valence-electron chi connectivity index (χ0n) is 16.6. The highest BCUT2D eigenvalue weighted by Gasteiger charge is 2.31. The molecule has 8 nitrogen and oxygen atoms in total. The minimum atomic E-state index is -0.0176. The highest BCUT2D eigenvalue weighted by atomic mass is 16.5. The van der Waals surface area contributed by atoms with Crippen molar-refractivity contribution < 1.29 is 9.53 Å². The predicted octanol–water partition coefficient (Wildman–Crippen LogP) is 2.69. The van der Waals surface area contributed by atoms with Crippen LogP contribution < -0.4 is 4.74 Å². The molecule has 0 radical (unpaired) electrons. The van der Waals surface area contributed by atoms with Crippen LogP contribution in [0, 0.1) is 12.8 Å². The fourth-order valence-electron chi connectivity index (χ4n) is 3.66. The third-order valence-corrected chi connectivity index (χ3v) is 5.29. The molecule has 1 aromatic carbocycles. The van der Waals surface area contributed by atoms with Gasteiger partial charge in [0.05, 0.1) is 12.2 Å². The Kier molecular flexibility index (Phi) is 5.50. The Hall–Kier alpha value is -3.29. The molecule has 0 spiro atoms. The summed E-state index contributed by atoms with van der Waals surface area (Å²) in [7, 11) is 0. The molecule has 0 bridgehead atoms. The summed E-state index contributed by atoms with van der Waals surface area (Å²) < 4.78 is 5.83. The number of piperidine rings is 1. The van der Waals surface area contributed by atoms with Crippen molar-refractivity contribution >= 4 is 5.91 Å². The number of aryl methyl sites for hydroxylation is 1. The van der Waals surface area contributed by atoms with Crippen molar-refractivity contribution in [3.05, 3.63) is 60.0 Å². The van der Waals surface area contributed by atoms with Gasteiger partial charge in [-0.25, -0.2) is 4.98 Å². The van der Waals surface area contributed by atoms with Gasteiger partial charge in [-0.05, 0) is 50.1 Å². The molecule has 1 saturated heterocycles. The lowest BCUT2D eigenvalue weighted by molar-refractivity contribution is 0.0502. The van der Waals surface area contributed by atoms with E-state index in [1.807, 2.05) is 48.2 Å². The zero-order chi connectivity index (χ0) is 20.2. The quantitative estimate of drug-likeness (QED) is 0.664. The van der Waals surface area contributed by atoms with Crippen LogP contribution in [0.2, 0.25) is 0 Å². The summed E-state index contributed by atoms with van der Waals surface area (Å²) in [5.74, 6) is 0.855. The van der Waals surface area contributed by atoms with Crippen molar-refractivity contribution in [2.24, 2.45) is 5.92 Å². The largest absolute Gasteiger partial charge is 0.477 e. The monoisotopic (exact) mass is 392 g/mol. The number of pyridine rings is 1. The third kappa shape index (κ3) is 4.26. The van der Waals surface area contributed by atoms with E-state index < -0.39 is 0 Å². The fourth-order valence-corrected chi connectivity index (χ4v) is 3.66. The Morgan fingerprint density at radius 3 is 2.90 bits per heavy atom. The van der Waals surface area contributed by atoms with Gasteiger partial charge in [0, 0.05) is 30.8 Å². The minimum Gasteiger partial charge on any atom is -0.477 e. The highest BCUT2D eigenvalue weighted by molar-refractivity contribution is 5.98. The van der Waals surface area contributed by atoms with Gasteiger partial charge in [-0.1, -0.05) is 17.7 Å². The number of hydrogen-bond acceptors (Lipinski definition) is 6. The molecule has 0 N–H and O–H groups in total. The number of hydrogen-bond donors (Lipinski definition) is 0. The molecule has 4 rings (SSSR count). The average Bonchev–Trinajstić information content (AvgIpc) is 3.28. The number of likely N-dealkylation sites (tertiary alicyclic amines) is 1. The number of ether oxygens (including phenoxy) is 1. The van der Waals surface area contributed by atoms with E-state index in [1.165, 1.54) is 11.1 Å². The van der Waals surface area contributed by atoms with Crippen LogP contribution in [0.3, 0.4) is 0 Å². The van der Waals surface area contributed by atoms with Crippen LogP contribution in [-0.4, -0.2) is 55.2 Å². The Morgan fingerprint density at radius 2 is 2.14 bits per heavy atom. The van der Waals surface area contributed by atoms with Gasteiger partial charge in [0.15, 0.2) is 6.33 Å². The highest BCUT2D eigenvalue weighted by Crippen LogP contribution is 2.26. The maximum atomic E-state index is 13.5. The number of amides is 1. The predicted molar refractivity (Wildman–Crippen MR) is 107 cm³/mol. The molecule has 150 valence electrons. The zero-order valence-corrected chi connectivity index (χ0v) is 16.6. The first-order valence-corrected chi connectivity index (χ1v) is 9.80. The lowest BCUT2D eigenvalue weighted by Crippen LogP contribution is -2.47. The molecule has 2 aromatic heterocycles. The average molecular weight is 392 g/mol. The van der Waals surface area contributed by atoms with Crippen LogP contribution in [-0.2, 0) is 0 Å². The van der Waals surface area contributed by atoms with Gasteiger partial charge in [0.1, 0.15) is 5.69 Å². The van der Waals surface area contributed by atoms with E-state index in [4.69, 9.17) is 4.74 Å². The van der Waals surface area contributed by atoms with Gasteiger partial charge in [0.2, 0.25) is 5.88 Å². The molecule has 0 aliphatic carbocycles. The van der Waals surface area contributed by atoms with Crippen LogP contribution in [0.5, 0.6) is 5.88 Å². The second-order valence-corrected chi connectivity index (χ2v) is 7.47. The van der Waals surface area contributed by atoms with E-state index in [0.29, 0.717) is 30.3 Å². The van der Waals surface area contributed by atoms with Crippen LogP contribution in [0.15, 0.2) is 48.9 Å². The molecule has 1 amide bonds. The summed E-state index contributed by atoms with van der Waals surface area (Å²) in [6.45, 7) is 5.25. The first-order chi connectivity index (χ1) is 14.1. The van der Waals surface area contributed by atoms with Crippen molar-refractivity contribution in [1.82, 2.24) is 30.1 Å². The summed E-state index contributed by atoms with van der Waals surface area (Å²) in [6.07, 6.45) is 5.03. The van der Waals surface area contributed by atoms with Crippen LogP contribution in [0.1, 0.15) is 35.7 Å². The number of rotatable bonds is 5. The Morgan fingerprint density at radius 1 is 1.24 bits per heavy atom. The lowest BCUT2D eigenvalue weighted by atomic mass is 9.93. The van der Waals surface area contributed by atoms with E-state index >= 15 is 0 Å². The molecular weight excluding hydrogens is 368 g/mol. The molecule has 29 heavy (non-hydrogen) atoms. The Labute approximate surface area is 169 Å². The number of nitrogens with zero attached hydrogens (tertiary/aromatic N) is 6. The smallest absolute Gasteiger partial charge is 0.256 e. The first-order valence-electron chi connectivity index (χ1n) is 9.80. The van der Waals surface area contributed by atoms with Crippen molar-refractivity contribution in [1.29, 1.82) is 0 Å². The summed E-state index contributed by atoms with van der Waals surface area (Å²) in [5, 5.41) is 11.8. The molecular formula is C21H24N6O2. The van der Waals surface area contributed by atoms with Crippen molar-refractivity contribution in [2.45, 2.75) is 32.7 Å².